The minimum Gasteiger partial charge on any atom is -0.311 e. The third kappa shape index (κ3) is 3.03. The highest BCUT2D eigenvalue weighted by atomic mass is 32.2. The van der Waals surface area contributed by atoms with Gasteiger partial charge >= 0.3 is 0 Å². The van der Waals surface area contributed by atoms with Crippen molar-refractivity contribution in [2.24, 2.45) is 0 Å². The molecule has 1 aliphatic heterocycles. The molecule has 0 unspecified atom stereocenters. The predicted molar refractivity (Wildman–Crippen MR) is 81.8 cm³/mol. The molecule has 1 fully saturated rings. The van der Waals surface area contributed by atoms with E-state index in [0.29, 0.717) is 5.69 Å². The van der Waals surface area contributed by atoms with E-state index in [1.165, 1.54) is 35.2 Å². The van der Waals surface area contributed by atoms with Crippen LogP contribution in [0.1, 0.15) is 6.42 Å². The maximum Gasteiger partial charge on any atom is 0.250 e. The summed E-state index contributed by atoms with van der Waals surface area (Å²) in [5.74, 6) is -0.573. The van der Waals surface area contributed by atoms with Crippen LogP contribution in [0.25, 0.3) is 0 Å². The van der Waals surface area contributed by atoms with Crippen LogP contribution in [0.2, 0.25) is 0 Å². The molecule has 1 aliphatic rings. The van der Waals surface area contributed by atoms with Gasteiger partial charge in [-0.05, 0) is 35.7 Å². The van der Waals surface area contributed by atoms with Crippen LogP contribution >= 0.6 is 11.3 Å². The van der Waals surface area contributed by atoms with Gasteiger partial charge in [0, 0.05) is 24.7 Å². The summed E-state index contributed by atoms with van der Waals surface area (Å²) < 4.78 is 40.0. The molecule has 1 aromatic carbocycles. The average Bonchev–Trinajstić information content (AvgIpc) is 3.10. The number of nitrogens with zero attached hydrogens (tertiary/aromatic N) is 1. The van der Waals surface area contributed by atoms with Gasteiger partial charge in [0.05, 0.1) is 0 Å². The number of anilines is 1. The Bertz CT molecular complexity index is 773. The first-order valence-electron chi connectivity index (χ1n) is 6.57. The van der Waals surface area contributed by atoms with Gasteiger partial charge in [-0.25, -0.2) is 17.5 Å². The molecule has 0 aliphatic carbocycles. The Morgan fingerprint density at radius 2 is 1.95 bits per heavy atom. The summed E-state index contributed by atoms with van der Waals surface area (Å²) in [7, 11) is -3.61. The van der Waals surface area contributed by atoms with Crippen molar-refractivity contribution in [2.45, 2.75) is 16.7 Å². The summed E-state index contributed by atoms with van der Waals surface area (Å²) in [6.45, 7) is 0.231. The first-order valence-corrected chi connectivity index (χ1v) is 8.94. The molecule has 0 bridgehead atoms. The highest BCUT2D eigenvalue weighted by Gasteiger charge is 2.33. The lowest BCUT2D eigenvalue weighted by molar-refractivity contribution is -0.117. The lowest BCUT2D eigenvalue weighted by Gasteiger charge is -2.17. The molecule has 5 nitrogen and oxygen atoms in total. The van der Waals surface area contributed by atoms with Gasteiger partial charge in [-0.15, -0.1) is 11.3 Å². The molecule has 0 radical (unpaired) electrons. The predicted octanol–water partition coefficient (Wildman–Crippen LogP) is 1.97. The molecule has 1 saturated heterocycles. The Morgan fingerprint density at radius 3 is 2.59 bits per heavy atom. The molecule has 1 amide bonds. The summed E-state index contributed by atoms with van der Waals surface area (Å²) in [6, 6.07) is 8.22. The molecule has 0 spiro atoms. The number of nitrogens with one attached hydrogen (secondary N) is 1. The maximum atomic E-state index is 12.9. The number of benzene rings is 1. The SMILES string of the molecule is O=C1C[C@H](NS(=O)(=O)c2cccs2)CN1c1ccc(F)cc1. The summed E-state index contributed by atoms with van der Waals surface area (Å²) in [5.41, 5.74) is 0.559. The molecule has 0 saturated carbocycles. The Balaban J connectivity index is 1.74. The van der Waals surface area contributed by atoms with Gasteiger partial charge < -0.3 is 4.90 Å². The van der Waals surface area contributed by atoms with Gasteiger partial charge in [-0.2, -0.15) is 0 Å². The largest absolute Gasteiger partial charge is 0.311 e. The van der Waals surface area contributed by atoms with Crippen molar-refractivity contribution in [3.63, 3.8) is 0 Å². The summed E-state index contributed by atoms with van der Waals surface area (Å²) >= 11 is 1.12. The lowest BCUT2D eigenvalue weighted by atomic mass is 10.3. The van der Waals surface area contributed by atoms with Crippen molar-refractivity contribution >= 4 is 33.0 Å². The minimum atomic E-state index is -3.61. The van der Waals surface area contributed by atoms with Crippen LogP contribution in [0.4, 0.5) is 10.1 Å². The number of hydrogen-bond acceptors (Lipinski definition) is 4. The van der Waals surface area contributed by atoms with E-state index in [9.17, 15) is 17.6 Å². The van der Waals surface area contributed by atoms with Crippen molar-refractivity contribution in [3.8, 4) is 0 Å². The number of carbonyl (C=O) groups excluding carboxylic acids is 1. The van der Waals surface area contributed by atoms with Crippen LogP contribution < -0.4 is 9.62 Å². The normalized spacial score (nSPS) is 18.9. The first kappa shape index (κ1) is 15.1. The van der Waals surface area contributed by atoms with E-state index in [1.807, 2.05) is 0 Å². The third-order valence-corrected chi connectivity index (χ3v) is 6.26. The molecule has 8 heteroatoms. The van der Waals surface area contributed by atoms with Gasteiger partial charge in [0.2, 0.25) is 15.9 Å². The monoisotopic (exact) mass is 340 g/mol. The van der Waals surface area contributed by atoms with Crippen LogP contribution in [0, 0.1) is 5.82 Å². The molecule has 1 N–H and O–H groups in total. The highest BCUT2D eigenvalue weighted by molar-refractivity contribution is 7.91. The molecule has 3 rings (SSSR count). The average molecular weight is 340 g/mol. The molecule has 2 aromatic rings. The van der Waals surface area contributed by atoms with Gasteiger partial charge in [-0.3, -0.25) is 4.79 Å². The molecule has 22 heavy (non-hydrogen) atoms. The molecular weight excluding hydrogens is 327 g/mol. The minimum absolute atomic E-state index is 0.0853. The van der Waals surface area contributed by atoms with Gasteiger partial charge in [0.15, 0.2) is 0 Å². The van der Waals surface area contributed by atoms with Crippen LogP contribution in [0.15, 0.2) is 46.0 Å². The fourth-order valence-corrected chi connectivity index (χ4v) is 4.59. The van der Waals surface area contributed by atoms with Crippen molar-refractivity contribution in [3.05, 3.63) is 47.6 Å². The molecule has 2 heterocycles. The molecule has 116 valence electrons. The van der Waals surface area contributed by atoms with Crippen LogP contribution in [0.3, 0.4) is 0 Å². The van der Waals surface area contributed by atoms with Crippen LogP contribution in [0.5, 0.6) is 0 Å². The van der Waals surface area contributed by atoms with Gasteiger partial charge in [0.25, 0.3) is 0 Å². The van der Waals surface area contributed by atoms with E-state index in [-0.39, 0.29) is 28.9 Å². The summed E-state index contributed by atoms with van der Waals surface area (Å²) in [6.07, 6.45) is 0.0853. The molecular formula is C14H13FN2O3S2. The first-order chi connectivity index (χ1) is 10.5. The van der Waals surface area contributed by atoms with Gasteiger partial charge in [-0.1, -0.05) is 6.07 Å². The number of sulfonamides is 1. The number of halogens is 1. The Morgan fingerprint density at radius 1 is 1.23 bits per heavy atom. The number of rotatable bonds is 4. The lowest BCUT2D eigenvalue weighted by Crippen LogP contribution is -2.36. The standard InChI is InChI=1S/C14H13FN2O3S2/c15-10-3-5-12(6-4-10)17-9-11(8-13(17)18)16-22(19,20)14-2-1-7-21-14/h1-7,11,16H,8-9H2/t11-/m0/s1. The van der Waals surface area contributed by atoms with E-state index >= 15 is 0 Å². The van der Waals surface area contributed by atoms with E-state index in [0.717, 1.165) is 11.3 Å². The number of carbonyl (C=O) groups is 1. The van der Waals surface area contributed by atoms with E-state index < -0.39 is 16.1 Å². The fourth-order valence-electron chi connectivity index (χ4n) is 2.35. The van der Waals surface area contributed by atoms with E-state index in [4.69, 9.17) is 0 Å². The molecule has 1 atom stereocenters. The van der Waals surface area contributed by atoms with Crippen molar-refractivity contribution in [2.75, 3.05) is 11.4 Å². The number of amides is 1. The van der Waals surface area contributed by atoms with Crippen molar-refractivity contribution < 1.29 is 17.6 Å². The topological polar surface area (TPSA) is 66.5 Å². The molecule has 1 aromatic heterocycles. The van der Waals surface area contributed by atoms with E-state index in [2.05, 4.69) is 4.72 Å². The maximum absolute atomic E-state index is 12.9. The smallest absolute Gasteiger partial charge is 0.250 e. The Kier molecular flexibility index (Phi) is 3.98. The van der Waals surface area contributed by atoms with Crippen molar-refractivity contribution in [1.82, 2.24) is 4.72 Å². The van der Waals surface area contributed by atoms with E-state index in [1.54, 1.807) is 11.4 Å². The Hall–Kier alpha value is -1.77. The van der Waals surface area contributed by atoms with Crippen LogP contribution in [-0.4, -0.2) is 26.9 Å². The van der Waals surface area contributed by atoms with Gasteiger partial charge in [0.1, 0.15) is 10.0 Å². The zero-order chi connectivity index (χ0) is 15.7. The second-order valence-corrected chi connectivity index (χ2v) is 7.82. The zero-order valence-corrected chi connectivity index (χ0v) is 13.0. The Labute approximate surface area is 131 Å². The second-order valence-electron chi connectivity index (χ2n) is 4.94. The number of thiophene rings is 1. The quantitative estimate of drug-likeness (QED) is 0.925. The summed E-state index contributed by atoms with van der Waals surface area (Å²) in [5, 5.41) is 1.68. The highest BCUT2D eigenvalue weighted by Crippen LogP contribution is 2.23. The second kappa shape index (κ2) is 5.79. The zero-order valence-electron chi connectivity index (χ0n) is 11.4. The third-order valence-electron chi connectivity index (χ3n) is 3.35. The van der Waals surface area contributed by atoms with Crippen LogP contribution in [-0.2, 0) is 14.8 Å². The van der Waals surface area contributed by atoms with Crippen molar-refractivity contribution in [1.29, 1.82) is 0 Å². The fraction of sp³-hybridized carbons (Fsp3) is 0.214. The summed E-state index contributed by atoms with van der Waals surface area (Å²) in [4.78, 5) is 13.5. The number of hydrogen-bond donors (Lipinski definition) is 1.